The van der Waals surface area contributed by atoms with Gasteiger partial charge in [-0.3, -0.25) is 9.78 Å². The van der Waals surface area contributed by atoms with Gasteiger partial charge in [0.15, 0.2) is 0 Å². The van der Waals surface area contributed by atoms with Gasteiger partial charge in [-0.2, -0.15) is 5.10 Å². The van der Waals surface area contributed by atoms with Crippen molar-refractivity contribution in [3.8, 4) is 0 Å². The Balaban J connectivity index is 2.09. The van der Waals surface area contributed by atoms with Crippen molar-refractivity contribution in [1.29, 1.82) is 0 Å². The SMILES string of the molecule is CC(Br)CCNC(=O)c1cnn2ccncc12. The summed E-state index contributed by atoms with van der Waals surface area (Å²) in [6.45, 7) is 2.69. The van der Waals surface area contributed by atoms with E-state index in [1.807, 2.05) is 6.92 Å². The first-order valence-corrected chi connectivity index (χ1v) is 6.29. The minimum absolute atomic E-state index is 0.110. The predicted octanol–water partition coefficient (Wildman–Crippen LogP) is 1.63. The van der Waals surface area contributed by atoms with Crippen molar-refractivity contribution in [3.05, 3.63) is 30.4 Å². The average Bonchev–Trinajstić information content (AvgIpc) is 2.72. The molecule has 1 amide bonds. The molecule has 2 rings (SSSR count). The number of rotatable bonds is 4. The van der Waals surface area contributed by atoms with Crippen molar-refractivity contribution in [2.24, 2.45) is 0 Å². The number of halogens is 1. The van der Waals surface area contributed by atoms with Gasteiger partial charge >= 0.3 is 0 Å². The predicted molar refractivity (Wildman–Crippen MR) is 68.3 cm³/mol. The Kier molecular flexibility index (Phi) is 3.73. The number of carbonyl (C=O) groups is 1. The molecule has 1 atom stereocenters. The zero-order chi connectivity index (χ0) is 12.3. The van der Waals surface area contributed by atoms with Crippen LogP contribution in [0.4, 0.5) is 0 Å². The average molecular weight is 297 g/mol. The molecule has 2 aromatic rings. The van der Waals surface area contributed by atoms with Gasteiger partial charge in [0, 0.05) is 23.8 Å². The summed E-state index contributed by atoms with van der Waals surface area (Å²) in [6.07, 6.45) is 7.43. The first kappa shape index (κ1) is 12.0. The van der Waals surface area contributed by atoms with Gasteiger partial charge in [0.1, 0.15) is 0 Å². The van der Waals surface area contributed by atoms with E-state index >= 15 is 0 Å². The second-order valence-electron chi connectivity index (χ2n) is 3.79. The maximum Gasteiger partial charge on any atom is 0.255 e. The van der Waals surface area contributed by atoms with E-state index in [9.17, 15) is 4.79 Å². The molecule has 6 heteroatoms. The number of alkyl halides is 1. The summed E-state index contributed by atoms with van der Waals surface area (Å²) < 4.78 is 1.63. The Morgan fingerprint density at radius 2 is 2.41 bits per heavy atom. The molecule has 0 saturated heterocycles. The molecule has 17 heavy (non-hydrogen) atoms. The molecule has 0 radical (unpaired) electrons. The summed E-state index contributed by atoms with van der Waals surface area (Å²) in [4.78, 5) is 16.3. The van der Waals surface area contributed by atoms with Crippen molar-refractivity contribution in [1.82, 2.24) is 19.9 Å². The lowest BCUT2D eigenvalue weighted by molar-refractivity contribution is 0.0955. The minimum atomic E-state index is -0.110. The van der Waals surface area contributed by atoms with Crippen molar-refractivity contribution in [2.45, 2.75) is 18.2 Å². The summed E-state index contributed by atoms with van der Waals surface area (Å²) in [5.74, 6) is -0.110. The van der Waals surface area contributed by atoms with Crippen LogP contribution in [0.5, 0.6) is 0 Å². The van der Waals surface area contributed by atoms with Crippen LogP contribution in [0.15, 0.2) is 24.8 Å². The highest BCUT2D eigenvalue weighted by Gasteiger charge is 2.11. The topological polar surface area (TPSA) is 59.3 Å². The van der Waals surface area contributed by atoms with Crippen LogP contribution in [0.3, 0.4) is 0 Å². The van der Waals surface area contributed by atoms with E-state index in [1.54, 1.807) is 29.3 Å². The van der Waals surface area contributed by atoms with Gasteiger partial charge in [-0.05, 0) is 6.42 Å². The highest BCUT2D eigenvalue weighted by atomic mass is 79.9. The Morgan fingerprint density at radius 1 is 1.59 bits per heavy atom. The first-order valence-electron chi connectivity index (χ1n) is 5.38. The van der Waals surface area contributed by atoms with Gasteiger partial charge < -0.3 is 5.32 Å². The normalized spacial score (nSPS) is 12.6. The molecular weight excluding hydrogens is 284 g/mol. The van der Waals surface area contributed by atoms with E-state index in [-0.39, 0.29) is 5.91 Å². The lowest BCUT2D eigenvalue weighted by atomic mass is 10.2. The highest BCUT2D eigenvalue weighted by molar-refractivity contribution is 9.09. The molecule has 0 aliphatic heterocycles. The third kappa shape index (κ3) is 2.82. The molecule has 1 unspecified atom stereocenters. The van der Waals surface area contributed by atoms with Crippen molar-refractivity contribution in [2.75, 3.05) is 6.54 Å². The minimum Gasteiger partial charge on any atom is -0.352 e. The molecule has 0 aliphatic rings. The number of hydrogen-bond acceptors (Lipinski definition) is 3. The van der Waals surface area contributed by atoms with Crippen LogP contribution >= 0.6 is 15.9 Å². The fraction of sp³-hybridized carbons (Fsp3) is 0.364. The van der Waals surface area contributed by atoms with Crippen molar-refractivity contribution >= 4 is 27.4 Å². The van der Waals surface area contributed by atoms with Crippen LogP contribution in [0.1, 0.15) is 23.7 Å². The molecule has 2 heterocycles. The molecule has 2 aromatic heterocycles. The molecule has 5 nitrogen and oxygen atoms in total. The van der Waals surface area contributed by atoms with Gasteiger partial charge in [0.25, 0.3) is 5.91 Å². The molecular formula is C11H13BrN4O. The maximum atomic E-state index is 11.9. The van der Waals surface area contributed by atoms with Crippen molar-refractivity contribution < 1.29 is 4.79 Å². The fourth-order valence-electron chi connectivity index (χ4n) is 1.49. The van der Waals surface area contributed by atoms with Crippen LogP contribution in [-0.4, -0.2) is 31.9 Å². The molecule has 90 valence electrons. The summed E-state index contributed by atoms with van der Waals surface area (Å²) in [6, 6.07) is 0. The number of fused-ring (bicyclic) bond motifs is 1. The van der Waals surface area contributed by atoms with E-state index in [1.165, 1.54) is 0 Å². The Labute approximate surface area is 107 Å². The molecule has 0 saturated carbocycles. The molecule has 0 fully saturated rings. The number of carbonyl (C=O) groups excluding carboxylic acids is 1. The van der Waals surface area contributed by atoms with E-state index < -0.39 is 0 Å². The maximum absolute atomic E-state index is 11.9. The lowest BCUT2D eigenvalue weighted by Gasteiger charge is -2.05. The Bertz CT molecular complexity index is 523. The smallest absolute Gasteiger partial charge is 0.255 e. The fourth-order valence-corrected chi connectivity index (χ4v) is 1.72. The van der Waals surface area contributed by atoms with Gasteiger partial charge in [-0.25, -0.2) is 4.52 Å². The summed E-state index contributed by atoms with van der Waals surface area (Å²) in [7, 11) is 0. The second-order valence-corrected chi connectivity index (χ2v) is 5.35. The lowest BCUT2D eigenvalue weighted by Crippen LogP contribution is -2.25. The number of amides is 1. The molecule has 0 aliphatic carbocycles. The first-order chi connectivity index (χ1) is 8.18. The number of nitrogens with one attached hydrogen (secondary N) is 1. The summed E-state index contributed by atoms with van der Waals surface area (Å²) in [5.41, 5.74) is 1.28. The van der Waals surface area contributed by atoms with E-state index in [4.69, 9.17) is 0 Å². The van der Waals surface area contributed by atoms with Gasteiger partial charge in [-0.1, -0.05) is 22.9 Å². The molecule has 1 N–H and O–H groups in total. The summed E-state index contributed by atoms with van der Waals surface area (Å²) >= 11 is 3.44. The molecule has 0 bridgehead atoms. The van der Waals surface area contributed by atoms with Gasteiger partial charge in [0.05, 0.1) is 23.5 Å². The van der Waals surface area contributed by atoms with Crippen molar-refractivity contribution in [3.63, 3.8) is 0 Å². The van der Waals surface area contributed by atoms with Gasteiger partial charge in [0.2, 0.25) is 0 Å². The third-order valence-electron chi connectivity index (χ3n) is 2.40. The monoisotopic (exact) mass is 296 g/mol. The standard InChI is InChI=1S/C11H13BrN4O/c1-8(12)2-3-14-11(17)9-6-15-16-5-4-13-7-10(9)16/h4-8H,2-3H2,1H3,(H,14,17). The Morgan fingerprint density at radius 3 is 3.18 bits per heavy atom. The zero-order valence-electron chi connectivity index (χ0n) is 9.43. The number of nitrogens with zero attached hydrogens (tertiary/aromatic N) is 3. The van der Waals surface area contributed by atoms with Crippen LogP contribution in [0.25, 0.3) is 5.52 Å². The van der Waals surface area contributed by atoms with Crippen LogP contribution in [0, 0.1) is 0 Å². The molecule has 0 aromatic carbocycles. The third-order valence-corrected chi connectivity index (χ3v) is 2.85. The summed E-state index contributed by atoms with van der Waals surface area (Å²) in [5, 5.41) is 6.95. The second kappa shape index (κ2) is 5.27. The van der Waals surface area contributed by atoms with Crippen LogP contribution in [0.2, 0.25) is 0 Å². The van der Waals surface area contributed by atoms with E-state index in [2.05, 4.69) is 31.3 Å². The van der Waals surface area contributed by atoms with Crippen LogP contribution < -0.4 is 5.32 Å². The number of aromatic nitrogens is 3. The Hall–Kier alpha value is -1.43. The van der Waals surface area contributed by atoms with E-state index in [0.717, 1.165) is 11.9 Å². The highest BCUT2D eigenvalue weighted by Crippen LogP contribution is 2.08. The number of hydrogen-bond donors (Lipinski definition) is 1. The van der Waals surface area contributed by atoms with Gasteiger partial charge in [-0.15, -0.1) is 0 Å². The quantitative estimate of drug-likeness (QED) is 0.873. The zero-order valence-corrected chi connectivity index (χ0v) is 11.0. The van der Waals surface area contributed by atoms with E-state index in [0.29, 0.717) is 16.9 Å². The molecule has 0 spiro atoms. The largest absolute Gasteiger partial charge is 0.352 e. The van der Waals surface area contributed by atoms with Crippen LogP contribution in [-0.2, 0) is 0 Å².